The molecule has 0 atom stereocenters. The number of likely N-dealkylation sites (N-methyl/N-ethyl adjacent to an activating group) is 1. The third kappa shape index (κ3) is 4.20. The van der Waals surface area contributed by atoms with Crippen LogP contribution in [-0.2, 0) is 11.3 Å². The van der Waals surface area contributed by atoms with Gasteiger partial charge >= 0.3 is 0 Å². The molecule has 0 spiro atoms. The Morgan fingerprint density at radius 3 is 2.81 bits per heavy atom. The Morgan fingerprint density at radius 1 is 1.38 bits per heavy atom. The van der Waals surface area contributed by atoms with Crippen molar-refractivity contribution in [1.82, 2.24) is 20.2 Å². The van der Waals surface area contributed by atoms with Crippen molar-refractivity contribution in [2.75, 3.05) is 13.6 Å². The Balaban J connectivity index is 1.82. The van der Waals surface area contributed by atoms with Gasteiger partial charge in [-0.25, -0.2) is 4.98 Å². The zero-order chi connectivity index (χ0) is 18.8. The fourth-order valence-corrected chi connectivity index (χ4v) is 4.68. The SMILES string of the molecule is Cc1ccc(-c2csc3nc(CN(C)CC(=O)NC(C)C)[nH]c(=O)c23)s1. The van der Waals surface area contributed by atoms with Crippen molar-refractivity contribution in [3.63, 3.8) is 0 Å². The van der Waals surface area contributed by atoms with Gasteiger partial charge in [-0.3, -0.25) is 14.5 Å². The average Bonchev–Trinajstić information content (AvgIpc) is 3.12. The molecule has 1 amide bonds. The standard InChI is InChI=1S/C18H22N4O2S2/c1-10(2)19-15(23)8-22(4)7-14-20-17(24)16-12(9-25-18(16)21-14)13-6-5-11(3)26-13/h5-6,9-10H,7-8H2,1-4H3,(H,19,23)(H,20,21,24). The maximum Gasteiger partial charge on any atom is 0.260 e. The van der Waals surface area contributed by atoms with Crippen LogP contribution in [0.2, 0.25) is 0 Å². The summed E-state index contributed by atoms with van der Waals surface area (Å²) < 4.78 is 0. The minimum Gasteiger partial charge on any atom is -0.353 e. The molecule has 0 aliphatic heterocycles. The van der Waals surface area contributed by atoms with Gasteiger partial charge in [-0.05, 0) is 40.0 Å². The second-order valence-electron chi connectivity index (χ2n) is 6.65. The van der Waals surface area contributed by atoms with Crippen LogP contribution in [0.5, 0.6) is 0 Å². The second kappa shape index (κ2) is 7.69. The summed E-state index contributed by atoms with van der Waals surface area (Å²) in [6.45, 7) is 6.56. The number of hydrogen-bond acceptors (Lipinski definition) is 6. The van der Waals surface area contributed by atoms with E-state index >= 15 is 0 Å². The van der Waals surface area contributed by atoms with E-state index in [0.717, 1.165) is 15.3 Å². The van der Waals surface area contributed by atoms with E-state index in [4.69, 9.17) is 0 Å². The number of aromatic nitrogens is 2. The number of nitrogens with zero attached hydrogens (tertiary/aromatic N) is 2. The van der Waals surface area contributed by atoms with Gasteiger partial charge in [-0.15, -0.1) is 22.7 Å². The molecule has 6 nitrogen and oxygen atoms in total. The molecule has 0 radical (unpaired) electrons. The van der Waals surface area contributed by atoms with Crippen LogP contribution in [-0.4, -0.2) is 40.4 Å². The zero-order valence-corrected chi connectivity index (χ0v) is 16.9. The number of H-pyrrole nitrogens is 1. The predicted molar refractivity (Wildman–Crippen MR) is 108 cm³/mol. The van der Waals surface area contributed by atoms with Gasteiger partial charge in [0.2, 0.25) is 5.91 Å². The van der Waals surface area contributed by atoms with Gasteiger partial charge in [0.1, 0.15) is 10.7 Å². The first-order valence-corrected chi connectivity index (χ1v) is 10.1. The molecule has 3 rings (SSSR count). The smallest absolute Gasteiger partial charge is 0.260 e. The molecule has 0 aliphatic rings. The molecule has 0 aliphatic carbocycles. The van der Waals surface area contributed by atoms with E-state index in [0.29, 0.717) is 17.8 Å². The van der Waals surface area contributed by atoms with Crippen molar-refractivity contribution < 1.29 is 4.79 Å². The molecule has 0 saturated heterocycles. The summed E-state index contributed by atoms with van der Waals surface area (Å²) in [5.41, 5.74) is 0.806. The molecule has 0 aromatic carbocycles. The summed E-state index contributed by atoms with van der Waals surface area (Å²) in [5, 5.41) is 5.48. The van der Waals surface area contributed by atoms with Gasteiger partial charge in [0.15, 0.2) is 0 Å². The number of aromatic amines is 1. The predicted octanol–water partition coefficient (Wildman–Crippen LogP) is 2.98. The van der Waals surface area contributed by atoms with Crippen LogP contribution in [0, 0.1) is 6.92 Å². The average molecular weight is 391 g/mol. The fourth-order valence-electron chi connectivity index (χ4n) is 2.75. The lowest BCUT2D eigenvalue weighted by Gasteiger charge is -2.16. The van der Waals surface area contributed by atoms with Crippen LogP contribution in [0.3, 0.4) is 0 Å². The minimum absolute atomic E-state index is 0.0441. The van der Waals surface area contributed by atoms with Crippen LogP contribution >= 0.6 is 22.7 Å². The Kier molecular flexibility index (Phi) is 5.55. The van der Waals surface area contributed by atoms with E-state index in [-0.39, 0.29) is 24.1 Å². The Bertz CT molecular complexity index is 987. The molecular weight excluding hydrogens is 368 g/mol. The Morgan fingerprint density at radius 2 is 2.15 bits per heavy atom. The van der Waals surface area contributed by atoms with E-state index < -0.39 is 0 Å². The van der Waals surface area contributed by atoms with E-state index in [2.05, 4.69) is 28.3 Å². The number of thiophene rings is 2. The number of aryl methyl sites for hydroxylation is 1. The van der Waals surface area contributed by atoms with E-state index in [1.165, 1.54) is 16.2 Å². The zero-order valence-electron chi connectivity index (χ0n) is 15.3. The summed E-state index contributed by atoms with van der Waals surface area (Å²) in [6.07, 6.45) is 0. The number of fused-ring (bicyclic) bond motifs is 1. The first-order valence-electron chi connectivity index (χ1n) is 8.38. The summed E-state index contributed by atoms with van der Waals surface area (Å²) >= 11 is 3.14. The molecule has 0 unspecified atom stereocenters. The molecule has 3 aromatic heterocycles. The quantitative estimate of drug-likeness (QED) is 0.678. The van der Waals surface area contributed by atoms with Gasteiger partial charge in [0.25, 0.3) is 5.56 Å². The van der Waals surface area contributed by atoms with E-state index in [1.54, 1.807) is 11.3 Å². The molecule has 3 aromatic rings. The maximum absolute atomic E-state index is 12.6. The maximum atomic E-state index is 12.6. The monoisotopic (exact) mass is 390 g/mol. The molecule has 138 valence electrons. The van der Waals surface area contributed by atoms with Crippen LogP contribution in [0.4, 0.5) is 0 Å². The number of amides is 1. The topological polar surface area (TPSA) is 78.1 Å². The summed E-state index contributed by atoms with van der Waals surface area (Å²) in [5.74, 6) is 0.524. The van der Waals surface area contributed by atoms with E-state index in [1.807, 2.05) is 37.2 Å². The highest BCUT2D eigenvalue weighted by atomic mass is 32.1. The van der Waals surface area contributed by atoms with Crippen molar-refractivity contribution in [3.05, 3.63) is 38.6 Å². The molecule has 8 heteroatoms. The summed E-state index contributed by atoms with van der Waals surface area (Å²) in [7, 11) is 1.83. The Labute approximate surface area is 159 Å². The number of nitrogens with one attached hydrogen (secondary N) is 2. The van der Waals surface area contributed by atoms with Gasteiger partial charge in [0.05, 0.1) is 18.5 Å². The van der Waals surface area contributed by atoms with Crippen molar-refractivity contribution >= 4 is 38.8 Å². The lowest BCUT2D eigenvalue weighted by Crippen LogP contribution is -2.38. The molecule has 0 fully saturated rings. The molecule has 0 bridgehead atoms. The van der Waals surface area contributed by atoms with Gasteiger partial charge in [-0.2, -0.15) is 0 Å². The van der Waals surface area contributed by atoms with Gasteiger partial charge in [0, 0.05) is 26.7 Å². The highest BCUT2D eigenvalue weighted by molar-refractivity contribution is 7.19. The Hall–Kier alpha value is -2.03. The van der Waals surface area contributed by atoms with Crippen molar-refractivity contribution in [2.24, 2.45) is 0 Å². The van der Waals surface area contributed by atoms with Gasteiger partial charge in [-0.1, -0.05) is 0 Å². The van der Waals surface area contributed by atoms with Crippen molar-refractivity contribution in [1.29, 1.82) is 0 Å². The van der Waals surface area contributed by atoms with Crippen molar-refractivity contribution in [2.45, 2.75) is 33.4 Å². The number of rotatable bonds is 6. The van der Waals surface area contributed by atoms with Crippen molar-refractivity contribution in [3.8, 4) is 10.4 Å². The van der Waals surface area contributed by atoms with Gasteiger partial charge < -0.3 is 10.3 Å². The third-order valence-electron chi connectivity index (χ3n) is 3.78. The number of carbonyl (C=O) groups excluding carboxylic acids is 1. The molecular formula is C18H22N4O2S2. The highest BCUT2D eigenvalue weighted by Crippen LogP contribution is 2.34. The van der Waals surface area contributed by atoms with Crippen LogP contribution in [0.25, 0.3) is 20.7 Å². The number of carbonyl (C=O) groups is 1. The van der Waals surface area contributed by atoms with Crippen LogP contribution in [0.15, 0.2) is 22.3 Å². The lowest BCUT2D eigenvalue weighted by atomic mass is 10.2. The molecule has 0 saturated carbocycles. The lowest BCUT2D eigenvalue weighted by molar-refractivity contribution is -0.122. The van der Waals surface area contributed by atoms with E-state index in [9.17, 15) is 9.59 Å². The highest BCUT2D eigenvalue weighted by Gasteiger charge is 2.15. The minimum atomic E-state index is -0.132. The second-order valence-corrected chi connectivity index (χ2v) is 8.79. The largest absolute Gasteiger partial charge is 0.353 e. The first kappa shape index (κ1) is 18.8. The van der Waals surface area contributed by atoms with Crippen LogP contribution in [0.1, 0.15) is 24.5 Å². The summed E-state index contributed by atoms with van der Waals surface area (Å²) in [6, 6.07) is 4.20. The fraction of sp³-hybridized carbons (Fsp3) is 0.389. The third-order valence-corrected chi connectivity index (χ3v) is 5.69. The number of hydrogen-bond donors (Lipinski definition) is 2. The molecule has 2 N–H and O–H groups in total. The normalized spacial score (nSPS) is 11.6. The molecule has 26 heavy (non-hydrogen) atoms. The molecule has 3 heterocycles. The summed E-state index contributed by atoms with van der Waals surface area (Å²) in [4.78, 5) is 36.8. The first-order chi connectivity index (χ1) is 12.3. The van der Waals surface area contributed by atoms with Crippen LogP contribution < -0.4 is 10.9 Å².